The van der Waals surface area contributed by atoms with Gasteiger partial charge in [-0.15, -0.1) is 4.52 Å². The molecule has 1 fully saturated rings. The summed E-state index contributed by atoms with van der Waals surface area (Å²) < 4.78 is 30.3. The SMILES string of the molecule is CC(C)(C)OC(=O)NCCOC1CO[P+](=O)O1. The molecule has 0 aromatic heterocycles. The van der Waals surface area contributed by atoms with E-state index in [-0.39, 0.29) is 19.8 Å². The van der Waals surface area contributed by atoms with Gasteiger partial charge in [-0.3, -0.25) is 0 Å². The van der Waals surface area contributed by atoms with Gasteiger partial charge in [-0.05, 0) is 20.8 Å². The maximum atomic E-state index is 11.2. The topological polar surface area (TPSA) is 83.1 Å². The number of rotatable bonds is 4. The van der Waals surface area contributed by atoms with Gasteiger partial charge in [-0.2, -0.15) is 0 Å². The molecule has 8 heteroatoms. The molecular weight excluding hydrogens is 249 g/mol. The van der Waals surface area contributed by atoms with Gasteiger partial charge in [0.15, 0.2) is 6.61 Å². The highest BCUT2D eigenvalue weighted by Gasteiger charge is 2.38. The summed E-state index contributed by atoms with van der Waals surface area (Å²) in [5.74, 6) is 0. The molecule has 1 aliphatic heterocycles. The highest BCUT2D eigenvalue weighted by Crippen LogP contribution is 2.33. The van der Waals surface area contributed by atoms with Crippen LogP contribution in [0.15, 0.2) is 0 Å². The zero-order chi connectivity index (χ0) is 12.9. The number of amides is 1. The first-order valence-corrected chi connectivity index (χ1v) is 6.32. The van der Waals surface area contributed by atoms with Crippen LogP contribution in [0.1, 0.15) is 20.8 Å². The highest BCUT2D eigenvalue weighted by molar-refractivity contribution is 7.33. The summed E-state index contributed by atoms with van der Waals surface area (Å²) in [5.41, 5.74) is -0.522. The molecule has 1 heterocycles. The lowest BCUT2D eigenvalue weighted by Crippen LogP contribution is -2.34. The van der Waals surface area contributed by atoms with Crippen LogP contribution in [0.4, 0.5) is 4.79 Å². The van der Waals surface area contributed by atoms with E-state index in [1.54, 1.807) is 20.8 Å². The Bertz CT molecular complexity index is 290. The van der Waals surface area contributed by atoms with Crippen LogP contribution in [0.3, 0.4) is 0 Å². The van der Waals surface area contributed by atoms with Gasteiger partial charge in [0.1, 0.15) is 5.60 Å². The van der Waals surface area contributed by atoms with Crippen molar-refractivity contribution in [1.29, 1.82) is 0 Å². The minimum absolute atomic E-state index is 0.141. The first kappa shape index (κ1) is 14.3. The van der Waals surface area contributed by atoms with Gasteiger partial charge in [0, 0.05) is 11.1 Å². The summed E-state index contributed by atoms with van der Waals surface area (Å²) >= 11 is 0. The fourth-order valence-electron chi connectivity index (χ4n) is 1.01. The van der Waals surface area contributed by atoms with Crippen molar-refractivity contribution in [2.45, 2.75) is 32.7 Å². The van der Waals surface area contributed by atoms with Gasteiger partial charge in [-0.1, -0.05) is 4.52 Å². The van der Waals surface area contributed by atoms with Crippen LogP contribution in [-0.4, -0.2) is 37.7 Å². The lowest BCUT2D eigenvalue weighted by Gasteiger charge is -2.19. The number of nitrogens with one attached hydrogen (secondary N) is 1. The van der Waals surface area contributed by atoms with E-state index in [9.17, 15) is 9.36 Å². The van der Waals surface area contributed by atoms with Gasteiger partial charge >= 0.3 is 14.3 Å². The molecule has 7 nitrogen and oxygen atoms in total. The van der Waals surface area contributed by atoms with E-state index in [1.807, 2.05) is 0 Å². The fourth-order valence-corrected chi connectivity index (χ4v) is 1.63. The van der Waals surface area contributed by atoms with Crippen LogP contribution < -0.4 is 5.32 Å². The third kappa shape index (κ3) is 6.53. The summed E-state index contributed by atoms with van der Waals surface area (Å²) in [4.78, 5) is 11.2. The zero-order valence-electron chi connectivity index (χ0n) is 10.1. The summed E-state index contributed by atoms with van der Waals surface area (Å²) in [6.45, 7) is 6.00. The molecule has 0 saturated carbocycles. The average molecular weight is 266 g/mol. The first-order chi connectivity index (χ1) is 7.87. The van der Waals surface area contributed by atoms with Crippen molar-refractivity contribution in [3.63, 3.8) is 0 Å². The molecule has 1 aliphatic rings. The molecule has 17 heavy (non-hydrogen) atoms. The van der Waals surface area contributed by atoms with E-state index in [1.165, 1.54) is 0 Å². The number of carbonyl (C=O) groups is 1. The molecule has 2 atom stereocenters. The molecule has 1 N–H and O–H groups in total. The highest BCUT2D eigenvalue weighted by atomic mass is 31.1. The maximum Gasteiger partial charge on any atom is 0.700 e. The van der Waals surface area contributed by atoms with E-state index in [2.05, 4.69) is 9.84 Å². The predicted octanol–water partition coefficient (Wildman–Crippen LogP) is 1.56. The Morgan fingerprint density at radius 3 is 2.76 bits per heavy atom. The minimum atomic E-state index is -2.04. The lowest BCUT2D eigenvalue weighted by atomic mass is 10.2. The molecular formula is C9H17NO6P+. The van der Waals surface area contributed by atoms with Gasteiger partial charge in [0.05, 0.1) is 6.61 Å². The van der Waals surface area contributed by atoms with Gasteiger partial charge in [0.2, 0.25) is 6.29 Å². The molecule has 0 aromatic rings. The summed E-state index contributed by atoms with van der Waals surface area (Å²) in [7, 11) is -2.04. The molecule has 0 aromatic carbocycles. The molecule has 1 saturated heterocycles. The summed E-state index contributed by atoms with van der Waals surface area (Å²) in [6.07, 6.45) is -1.13. The monoisotopic (exact) mass is 266 g/mol. The second-order valence-corrected chi connectivity index (χ2v) is 5.27. The number of carbonyl (C=O) groups excluding carboxylic acids is 1. The zero-order valence-corrected chi connectivity index (χ0v) is 11.0. The Hall–Kier alpha value is -0.750. The molecule has 0 spiro atoms. The Kier molecular flexibility index (Phi) is 5.27. The van der Waals surface area contributed by atoms with Gasteiger partial charge in [-0.25, -0.2) is 4.79 Å². The molecule has 0 radical (unpaired) electrons. The minimum Gasteiger partial charge on any atom is -0.444 e. The van der Waals surface area contributed by atoms with E-state index in [0.29, 0.717) is 0 Å². The summed E-state index contributed by atoms with van der Waals surface area (Å²) in [6, 6.07) is 0. The van der Waals surface area contributed by atoms with Crippen molar-refractivity contribution in [2.24, 2.45) is 0 Å². The van der Waals surface area contributed by atoms with E-state index in [0.717, 1.165) is 0 Å². The Labute approximate surface area is 101 Å². The van der Waals surface area contributed by atoms with Crippen molar-refractivity contribution in [3.8, 4) is 0 Å². The second kappa shape index (κ2) is 6.26. The van der Waals surface area contributed by atoms with Crippen LogP contribution in [0.2, 0.25) is 0 Å². The third-order valence-electron chi connectivity index (χ3n) is 1.59. The van der Waals surface area contributed by atoms with Crippen LogP contribution in [0.5, 0.6) is 0 Å². The van der Waals surface area contributed by atoms with Crippen LogP contribution in [0, 0.1) is 0 Å². The Morgan fingerprint density at radius 1 is 1.53 bits per heavy atom. The molecule has 0 aliphatic carbocycles. The van der Waals surface area contributed by atoms with Crippen LogP contribution in [0.25, 0.3) is 0 Å². The van der Waals surface area contributed by atoms with Crippen molar-refractivity contribution in [3.05, 3.63) is 0 Å². The first-order valence-electron chi connectivity index (χ1n) is 5.22. The molecule has 2 unspecified atom stereocenters. The van der Waals surface area contributed by atoms with E-state index < -0.39 is 26.2 Å². The van der Waals surface area contributed by atoms with Crippen molar-refractivity contribution in [1.82, 2.24) is 5.32 Å². The number of hydrogen-bond donors (Lipinski definition) is 1. The molecule has 1 rings (SSSR count). The van der Waals surface area contributed by atoms with Crippen molar-refractivity contribution >= 4 is 14.3 Å². The molecule has 0 bridgehead atoms. The van der Waals surface area contributed by atoms with E-state index >= 15 is 0 Å². The summed E-state index contributed by atoms with van der Waals surface area (Å²) in [5, 5.41) is 2.52. The Morgan fingerprint density at radius 2 is 2.24 bits per heavy atom. The lowest BCUT2D eigenvalue weighted by molar-refractivity contribution is -0.0645. The maximum absolute atomic E-state index is 11.2. The fraction of sp³-hybridized carbons (Fsp3) is 0.889. The van der Waals surface area contributed by atoms with Crippen LogP contribution >= 0.6 is 8.25 Å². The number of alkyl carbamates (subject to hydrolysis) is 1. The Balaban J connectivity index is 2.04. The average Bonchev–Trinajstić information content (AvgIpc) is 2.56. The molecule has 98 valence electrons. The molecule has 1 amide bonds. The van der Waals surface area contributed by atoms with Crippen molar-refractivity contribution in [2.75, 3.05) is 19.8 Å². The van der Waals surface area contributed by atoms with E-state index in [4.69, 9.17) is 14.0 Å². The number of ether oxygens (including phenoxy) is 2. The normalized spacial score (nSPS) is 22.5. The largest absolute Gasteiger partial charge is 0.700 e. The number of hydrogen-bond acceptors (Lipinski definition) is 6. The van der Waals surface area contributed by atoms with Crippen molar-refractivity contribution < 1.29 is 27.9 Å². The van der Waals surface area contributed by atoms with Gasteiger partial charge < -0.3 is 14.8 Å². The smallest absolute Gasteiger partial charge is 0.444 e. The third-order valence-corrected chi connectivity index (χ3v) is 2.36. The standard InChI is InChI=1S/C9H16NO6P/c1-9(2,3)15-8(11)10-4-5-13-7-6-14-17(12)16-7/h7H,4-6H2,1-3H3/p+1. The predicted molar refractivity (Wildman–Crippen MR) is 58.6 cm³/mol. The quantitative estimate of drug-likeness (QED) is 0.614. The van der Waals surface area contributed by atoms with Gasteiger partial charge in [0.25, 0.3) is 0 Å². The van der Waals surface area contributed by atoms with Crippen LogP contribution in [-0.2, 0) is 23.1 Å². The second-order valence-electron chi connectivity index (χ2n) is 4.35.